The van der Waals surface area contributed by atoms with Gasteiger partial charge < -0.3 is 21.3 Å². The lowest BCUT2D eigenvalue weighted by Crippen LogP contribution is -2.41. The molecule has 0 spiro atoms. The molecule has 0 bridgehead atoms. The van der Waals surface area contributed by atoms with Crippen LogP contribution in [-0.4, -0.2) is 51.6 Å². The molecular weight excluding hydrogens is 328 g/mol. The maximum Gasteiger partial charge on any atom is 0.327 e. The Morgan fingerprint density at radius 3 is 2.35 bits per heavy atom. The molecule has 10 heteroatoms. The molecule has 0 unspecified atom stereocenters. The second-order valence-electron chi connectivity index (χ2n) is 3.60. The van der Waals surface area contributed by atoms with Gasteiger partial charge in [-0.15, -0.1) is 23.5 Å². The summed E-state index contributed by atoms with van der Waals surface area (Å²) in [6, 6.07) is -2.03. The highest BCUT2D eigenvalue weighted by atomic mass is 35.5. The fourth-order valence-electron chi connectivity index (χ4n) is 0.905. The lowest BCUT2D eigenvalue weighted by atomic mass is 10.3. The summed E-state index contributed by atoms with van der Waals surface area (Å²) in [6.07, 6.45) is 0. The van der Waals surface area contributed by atoms with Crippen LogP contribution >= 0.6 is 35.1 Å². The van der Waals surface area contributed by atoms with Crippen LogP contribution in [0.1, 0.15) is 6.92 Å². The Labute approximate surface area is 129 Å². The number of thioether (sulfide) groups is 2. The van der Waals surface area contributed by atoms with Gasteiger partial charge in [-0.1, -0.05) is 11.6 Å². The van der Waals surface area contributed by atoms with Crippen molar-refractivity contribution in [2.75, 3.05) is 11.5 Å². The van der Waals surface area contributed by atoms with Gasteiger partial charge in [0.2, 0.25) is 5.91 Å². The number of carbonyl (C=O) groups excluding carboxylic acids is 1. The number of hydrogen-bond acceptors (Lipinski definition) is 6. The fraction of sp³-hybridized carbons (Fsp3) is 0.500. The van der Waals surface area contributed by atoms with E-state index >= 15 is 0 Å². The third-order valence-electron chi connectivity index (χ3n) is 1.83. The molecule has 2 atom stereocenters. The Bertz CT molecular complexity index is 405. The summed E-state index contributed by atoms with van der Waals surface area (Å²) in [4.78, 5) is 32.1. The molecule has 0 aromatic heterocycles. The standard InChI is InChI=1S/C10H15ClN2O5S2/c1-5(14)13-7(10(17)18)3-19-4-8(11)20-2-6(12)9(15)16/h4,6-7H,2-3,12H2,1H3,(H,13,14)(H,15,16)(H,17,18)/t6-,7-/m0/s1. The highest BCUT2D eigenvalue weighted by Crippen LogP contribution is 2.24. The Hall–Kier alpha value is -0.900. The Morgan fingerprint density at radius 2 is 1.90 bits per heavy atom. The van der Waals surface area contributed by atoms with Gasteiger partial charge in [0.15, 0.2) is 0 Å². The Morgan fingerprint density at radius 1 is 1.30 bits per heavy atom. The zero-order valence-electron chi connectivity index (χ0n) is 10.5. The van der Waals surface area contributed by atoms with Crippen molar-refractivity contribution in [3.05, 3.63) is 9.77 Å². The Kier molecular flexibility index (Phi) is 9.47. The van der Waals surface area contributed by atoms with Crippen LogP contribution in [0.2, 0.25) is 0 Å². The van der Waals surface area contributed by atoms with Crippen molar-refractivity contribution in [2.24, 2.45) is 5.73 Å². The van der Waals surface area contributed by atoms with E-state index in [-0.39, 0.29) is 11.5 Å². The van der Waals surface area contributed by atoms with E-state index in [4.69, 9.17) is 27.5 Å². The second kappa shape index (κ2) is 9.92. The van der Waals surface area contributed by atoms with Crippen LogP contribution in [-0.2, 0) is 14.4 Å². The molecule has 114 valence electrons. The molecule has 0 radical (unpaired) electrons. The first kappa shape index (κ1) is 19.1. The van der Waals surface area contributed by atoms with Crippen molar-refractivity contribution in [2.45, 2.75) is 19.0 Å². The quantitative estimate of drug-likeness (QED) is 0.476. The van der Waals surface area contributed by atoms with Crippen LogP contribution in [0.3, 0.4) is 0 Å². The molecule has 0 heterocycles. The van der Waals surface area contributed by atoms with Gasteiger partial charge in [0.25, 0.3) is 0 Å². The van der Waals surface area contributed by atoms with Gasteiger partial charge in [-0.05, 0) is 5.41 Å². The van der Waals surface area contributed by atoms with E-state index in [9.17, 15) is 14.4 Å². The van der Waals surface area contributed by atoms with Crippen LogP contribution in [0.5, 0.6) is 0 Å². The highest BCUT2D eigenvalue weighted by molar-refractivity contribution is 8.07. The summed E-state index contributed by atoms with van der Waals surface area (Å²) in [5, 5.41) is 21.2. The average molecular weight is 343 g/mol. The van der Waals surface area contributed by atoms with Crippen molar-refractivity contribution in [3.63, 3.8) is 0 Å². The number of halogens is 1. The predicted octanol–water partition coefficient (Wildman–Crippen LogP) is 0.492. The number of amides is 1. The number of carboxylic acid groups (broad SMARTS) is 2. The smallest absolute Gasteiger partial charge is 0.327 e. The number of aliphatic carboxylic acids is 2. The molecule has 0 saturated carbocycles. The van der Waals surface area contributed by atoms with E-state index in [2.05, 4.69) is 5.32 Å². The van der Waals surface area contributed by atoms with E-state index in [0.717, 1.165) is 23.5 Å². The van der Waals surface area contributed by atoms with E-state index in [0.29, 0.717) is 4.36 Å². The molecule has 0 aromatic carbocycles. The molecule has 0 aliphatic heterocycles. The maximum atomic E-state index is 10.8. The zero-order chi connectivity index (χ0) is 15.7. The SMILES string of the molecule is CC(=O)N[C@@H](CSC=C(Cl)SC[C@H](N)C(=O)O)C(=O)O. The minimum atomic E-state index is -1.14. The van der Waals surface area contributed by atoms with E-state index < -0.39 is 29.9 Å². The van der Waals surface area contributed by atoms with Gasteiger partial charge in [0, 0.05) is 18.4 Å². The van der Waals surface area contributed by atoms with Crippen LogP contribution in [0.15, 0.2) is 9.77 Å². The first-order chi connectivity index (χ1) is 9.23. The van der Waals surface area contributed by atoms with Gasteiger partial charge in [0.05, 0.1) is 4.36 Å². The number of hydrogen-bond donors (Lipinski definition) is 4. The number of nitrogens with two attached hydrogens (primary N) is 1. The van der Waals surface area contributed by atoms with E-state index in [1.807, 2.05) is 0 Å². The van der Waals surface area contributed by atoms with Crippen LogP contribution in [0, 0.1) is 0 Å². The van der Waals surface area contributed by atoms with Crippen molar-refractivity contribution in [1.82, 2.24) is 5.32 Å². The third kappa shape index (κ3) is 9.08. The predicted molar refractivity (Wildman–Crippen MR) is 79.7 cm³/mol. The lowest BCUT2D eigenvalue weighted by molar-refractivity contribution is -0.140. The summed E-state index contributed by atoms with van der Waals surface area (Å²) >= 11 is 7.97. The van der Waals surface area contributed by atoms with Gasteiger partial charge in [-0.3, -0.25) is 9.59 Å². The molecule has 0 fully saturated rings. The van der Waals surface area contributed by atoms with E-state index in [1.165, 1.54) is 12.3 Å². The van der Waals surface area contributed by atoms with E-state index in [1.54, 1.807) is 0 Å². The summed E-state index contributed by atoms with van der Waals surface area (Å²) < 4.78 is 0.304. The van der Waals surface area contributed by atoms with Gasteiger partial charge in [-0.25, -0.2) is 4.79 Å². The second-order valence-corrected chi connectivity index (χ2v) is 6.20. The average Bonchev–Trinajstić information content (AvgIpc) is 2.33. The van der Waals surface area contributed by atoms with Crippen LogP contribution < -0.4 is 11.1 Å². The molecule has 5 N–H and O–H groups in total. The number of rotatable bonds is 9. The topological polar surface area (TPSA) is 130 Å². The zero-order valence-corrected chi connectivity index (χ0v) is 12.9. The molecule has 7 nitrogen and oxygen atoms in total. The van der Waals surface area contributed by atoms with Crippen LogP contribution in [0.4, 0.5) is 0 Å². The molecule has 20 heavy (non-hydrogen) atoms. The van der Waals surface area contributed by atoms with Gasteiger partial charge in [0.1, 0.15) is 12.1 Å². The minimum absolute atomic E-state index is 0.108. The van der Waals surface area contributed by atoms with Crippen molar-refractivity contribution < 1.29 is 24.6 Å². The largest absolute Gasteiger partial charge is 0.480 e. The Balaban J connectivity index is 4.16. The summed E-state index contributed by atoms with van der Waals surface area (Å²) in [5.74, 6) is -2.48. The molecule has 0 aromatic rings. The maximum absolute atomic E-state index is 10.8. The monoisotopic (exact) mass is 342 g/mol. The molecular formula is C10H15ClN2O5S2. The first-order valence-corrected chi connectivity index (χ1v) is 7.73. The van der Waals surface area contributed by atoms with Crippen molar-refractivity contribution in [1.29, 1.82) is 0 Å². The number of carboxylic acids is 2. The molecule has 0 saturated heterocycles. The summed E-state index contributed by atoms with van der Waals surface area (Å²) in [5.41, 5.74) is 5.30. The summed E-state index contributed by atoms with van der Waals surface area (Å²) in [7, 11) is 0. The molecule has 0 aliphatic rings. The lowest BCUT2D eigenvalue weighted by Gasteiger charge is -2.11. The fourth-order valence-corrected chi connectivity index (χ4v) is 2.89. The highest BCUT2D eigenvalue weighted by Gasteiger charge is 2.17. The molecule has 0 aliphatic carbocycles. The molecule has 0 rings (SSSR count). The normalized spacial score (nSPS) is 14.4. The molecule has 1 amide bonds. The van der Waals surface area contributed by atoms with Gasteiger partial charge in [-0.2, -0.15) is 0 Å². The third-order valence-corrected chi connectivity index (χ3v) is 4.40. The number of nitrogens with one attached hydrogen (secondary N) is 1. The van der Waals surface area contributed by atoms with Crippen molar-refractivity contribution >= 4 is 53.0 Å². The van der Waals surface area contributed by atoms with Crippen molar-refractivity contribution in [3.8, 4) is 0 Å². The summed E-state index contributed by atoms with van der Waals surface area (Å²) in [6.45, 7) is 1.23. The first-order valence-electron chi connectivity index (χ1n) is 5.32. The van der Waals surface area contributed by atoms with Crippen LogP contribution in [0.25, 0.3) is 0 Å². The minimum Gasteiger partial charge on any atom is -0.480 e. The van der Waals surface area contributed by atoms with Gasteiger partial charge >= 0.3 is 11.9 Å². The number of carbonyl (C=O) groups is 3.